The lowest BCUT2D eigenvalue weighted by Gasteiger charge is -2.26. The van der Waals surface area contributed by atoms with Gasteiger partial charge in [0.1, 0.15) is 17.9 Å². The highest BCUT2D eigenvalue weighted by Gasteiger charge is 2.15. The summed E-state index contributed by atoms with van der Waals surface area (Å²) in [6.07, 6.45) is 0. The zero-order valence-electron chi connectivity index (χ0n) is 13.2. The number of nitrogens with zero attached hydrogens (tertiary/aromatic N) is 2. The van der Waals surface area contributed by atoms with Crippen LogP contribution in [-0.4, -0.2) is 53.7 Å². The quantitative estimate of drug-likeness (QED) is 0.875. The largest absolute Gasteiger partial charge is 0.489 e. The number of carbonyl (C=O) groups is 1. The van der Waals surface area contributed by atoms with Gasteiger partial charge in [0.25, 0.3) is 0 Å². The normalized spacial score (nSPS) is 14.7. The van der Waals surface area contributed by atoms with Crippen molar-refractivity contribution in [2.75, 3.05) is 37.7 Å². The molecule has 122 valence electrons. The zero-order valence-corrected chi connectivity index (χ0v) is 14.1. The fourth-order valence-electron chi connectivity index (χ4n) is 2.53. The van der Waals surface area contributed by atoms with Gasteiger partial charge in [-0.3, -0.25) is 0 Å². The molecule has 1 aliphatic rings. The van der Waals surface area contributed by atoms with Crippen molar-refractivity contribution in [2.24, 2.45) is 0 Å². The Kier molecular flexibility index (Phi) is 5.23. The molecule has 1 aliphatic heterocycles. The van der Waals surface area contributed by atoms with E-state index in [0.717, 1.165) is 46.9 Å². The minimum atomic E-state index is 0.000731. The van der Waals surface area contributed by atoms with Crippen LogP contribution in [0.3, 0.4) is 0 Å². The number of pyridine rings is 1. The Bertz CT molecular complexity index is 687. The van der Waals surface area contributed by atoms with Crippen LogP contribution < -0.4 is 10.1 Å². The first kappa shape index (κ1) is 15.9. The summed E-state index contributed by atoms with van der Waals surface area (Å²) in [4.78, 5) is 18.4. The van der Waals surface area contributed by atoms with Gasteiger partial charge in [-0.25, -0.2) is 9.78 Å². The molecular formula is C17H21N3O2S. The molecule has 0 radical (unpaired) electrons. The Morgan fingerprint density at radius 2 is 2.13 bits per heavy atom. The summed E-state index contributed by atoms with van der Waals surface area (Å²) in [6.45, 7) is 4.54. The number of rotatable bonds is 4. The number of benzene rings is 1. The number of aromatic nitrogens is 1. The molecule has 1 saturated heterocycles. The molecule has 2 heterocycles. The minimum absolute atomic E-state index is 0.000731. The van der Waals surface area contributed by atoms with Crippen molar-refractivity contribution in [3.8, 4) is 5.75 Å². The minimum Gasteiger partial charge on any atom is -0.489 e. The summed E-state index contributed by atoms with van der Waals surface area (Å²) in [6, 6.07) is 9.92. The maximum Gasteiger partial charge on any atom is 0.317 e. The van der Waals surface area contributed by atoms with E-state index in [1.165, 1.54) is 0 Å². The summed E-state index contributed by atoms with van der Waals surface area (Å²) in [7, 11) is 0. The first-order valence-electron chi connectivity index (χ1n) is 7.84. The van der Waals surface area contributed by atoms with E-state index in [9.17, 15) is 4.79 Å². The molecule has 0 aliphatic carbocycles. The van der Waals surface area contributed by atoms with Crippen molar-refractivity contribution in [1.29, 1.82) is 0 Å². The van der Waals surface area contributed by atoms with Gasteiger partial charge in [0, 0.05) is 35.7 Å². The maximum atomic E-state index is 12.0. The molecule has 0 unspecified atom stereocenters. The second-order valence-electron chi connectivity index (χ2n) is 5.46. The Balaban J connectivity index is 1.52. The highest BCUT2D eigenvalue weighted by Crippen LogP contribution is 2.23. The van der Waals surface area contributed by atoms with Gasteiger partial charge < -0.3 is 15.0 Å². The maximum absolute atomic E-state index is 12.0. The van der Waals surface area contributed by atoms with Crippen molar-refractivity contribution in [3.63, 3.8) is 0 Å². The van der Waals surface area contributed by atoms with Crippen molar-refractivity contribution in [3.05, 3.63) is 36.0 Å². The highest BCUT2D eigenvalue weighted by atomic mass is 32.2. The van der Waals surface area contributed by atoms with Crippen molar-refractivity contribution >= 4 is 28.7 Å². The van der Waals surface area contributed by atoms with E-state index in [0.29, 0.717) is 13.2 Å². The monoisotopic (exact) mass is 331 g/mol. The molecule has 0 atom stereocenters. The van der Waals surface area contributed by atoms with E-state index in [2.05, 4.69) is 10.3 Å². The Morgan fingerprint density at radius 3 is 2.96 bits per heavy atom. The summed E-state index contributed by atoms with van der Waals surface area (Å²) in [5.41, 5.74) is 1.83. The fourth-order valence-corrected chi connectivity index (χ4v) is 3.43. The van der Waals surface area contributed by atoms with E-state index >= 15 is 0 Å². The lowest BCUT2D eigenvalue weighted by molar-refractivity contribution is 0.200. The van der Waals surface area contributed by atoms with Crippen molar-refractivity contribution in [2.45, 2.75) is 6.92 Å². The fraction of sp³-hybridized carbons (Fsp3) is 0.412. The molecule has 1 fully saturated rings. The first-order chi connectivity index (χ1) is 11.2. The van der Waals surface area contributed by atoms with Crippen LogP contribution in [0.1, 0.15) is 5.69 Å². The van der Waals surface area contributed by atoms with Gasteiger partial charge in [-0.15, -0.1) is 0 Å². The number of para-hydroxylation sites is 1. The lowest BCUT2D eigenvalue weighted by Crippen LogP contribution is -2.45. The Labute approximate surface area is 140 Å². The topological polar surface area (TPSA) is 54.5 Å². The Hall–Kier alpha value is -1.95. The molecule has 1 N–H and O–H groups in total. The van der Waals surface area contributed by atoms with Gasteiger partial charge in [-0.1, -0.05) is 18.2 Å². The molecular weight excluding hydrogens is 310 g/mol. The number of amides is 2. The molecule has 0 saturated carbocycles. The van der Waals surface area contributed by atoms with Gasteiger partial charge in [0.15, 0.2) is 0 Å². The smallest absolute Gasteiger partial charge is 0.317 e. The predicted molar refractivity (Wildman–Crippen MR) is 94.3 cm³/mol. The van der Waals surface area contributed by atoms with Crippen molar-refractivity contribution < 1.29 is 9.53 Å². The molecule has 3 rings (SSSR count). The van der Waals surface area contributed by atoms with Crippen LogP contribution in [-0.2, 0) is 0 Å². The molecule has 0 spiro atoms. The lowest BCUT2D eigenvalue weighted by atomic mass is 10.2. The van der Waals surface area contributed by atoms with E-state index in [1.807, 2.05) is 53.9 Å². The number of fused-ring (bicyclic) bond motifs is 1. The van der Waals surface area contributed by atoms with Crippen LogP contribution in [0.15, 0.2) is 30.3 Å². The number of hydrogen-bond donors (Lipinski definition) is 1. The molecule has 1 aromatic carbocycles. The number of aryl methyl sites for hydroxylation is 1. The Morgan fingerprint density at radius 1 is 1.30 bits per heavy atom. The van der Waals surface area contributed by atoms with Gasteiger partial charge >= 0.3 is 6.03 Å². The van der Waals surface area contributed by atoms with Crippen LogP contribution >= 0.6 is 11.8 Å². The SMILES string of the molecule is Cc1ccc2cccc(OCCNC(=O)N3CCSCC3)c2n1. The van der Waals surface area contributed by atoms with Gasteiger partial charge in [-0.2, -0.15) is 11.8 Å². The summed E-state index contributed by atoms with van der Waals surface area (Å²) in [5.74, 6) is 2.80. The number of ether oxygens (including phenoxy) is 1. The summed E-state index contributed by atoms with van der Waals surface area (Å²) >= 11 is 1.89. The van der Waals surface area contributed by atoms with Gasteiger partial charge in [-0.05, 0) is 19.1 Å². The van der Waals surface area contributed by atoms with Crippen LogP contribution in [0, 0.1) is 6.92 Å². The van der Waals surface area contributed by atoms with Gasteiger partial charge in [0.05, 0.1) is 6.54 Å². The third kappa shape index (κ3) is 4.07. The predicted octanol–water partition coefficient (Wildman–Crippen LogP) is 2.68. The molecule has 0 bridgehead atoms. The number of thioether (sulfide) groups is 1. The van der Waals surface area contributed by atoms with Gasteiger partial charge in [0.2, 0.25) is 0 Å². The third-order valence-corrected chi connectivity index (χ3v) is 4.70. The third-order valence-electron chi connectivity index (χ3n) is 3.76. The van der Waals surface area contributed by atoms with Crippen molar-refractivity contribution in [1.82, 2.24) is 15.2 Å². The average Bonchev–Trinajstić information content (AvgIpc) is 2.59. The molecule has 6 heteroatoms. The molecule has 1 aromatic heterocycles. The van der Waals surface area contributed by atoms with Crippen LogP contribution in [0.25, 0.3) is 10.9 Å². The summed E-state index contributed by atoms with van der Waals surface area (Å²) < 4.78 is 5.81. The highest BCUT2D eigenvalue weighted by molar-refractivity contribution is 7.99. The summed E-state index contributed by atoms with van der Waals surface area (Å²) in [5, 5.41) is 3.97. The standard InChI is InChI=1S/C17H21N3O2S/c1-13-5-6-14-3-2-4-15(16(14)19-13)22-10-7-18-17(21)20-8-11-23-12-9-20/h2-6H,7-12H2,1H3,(H,18,21). The number of nitrogens with one attached hydrogen (secondary N) is 1. The van der Waals surface area contributed by atoms with Crippen LogP contribution in [0.4, 0.5) is 4.79 Å². The molecule has 5 nitrogen and oxygen atoms in total. The zero-order chi connectivity index (χ0) is 16.1. The van der Waals surface area contributed by atoms with E-state index in [1.54, 1.807) is 0 Å². The number of carbonyl (C=O) groups excluding carboxylic acids is 1. The van der Waals surface area contributed by atoms with E-state index in [-0.39, 0.29) is 6.03 Å². The molecule has 2 aromatic rings. The van der Waals surface area contributed by atoms with E-state index in [4.69, 9.17) is 4.74 Å². The molecule has 23 heavy (non-hydrogen) atoms. The second kappa shape index (κ2) is 7.55. The number of hydrogen-bond acceptors (Lipinski definition) is 4. The van der Waals surface area contributed by atoms with E-state index < -0.39 is 0 Å². The molecule has 2 amide bonds. The average molecular weight is 331 g/mol. The van der Waals surface area contributed by atoms with Crippen LogP contribution in [0.5, 0.6) is 5.75 Å². The number of urea groups is 1. The first-order valence-corrected chi connectivity index (χ1v) is 8.99. The second-order valence-corrected chi connectivity index (χ2v) is 6.69. The van der Waals surface area contributed by atoms with Crippen LogP contribution in [0.2, 0.25) is 0 Å².